The Morgan fingerprint density at radius 1 is 0.680 bits per heavy atom. The van der Waals surface area contributed by atoms with E-state index in [1.807, 2.05) is 52.3 Å². The molecule has 1 aliphatic heterocycles. The molecule has 0 aliphatic carbocycles. The van der Waals surface area contributed by atoms with Gasteiger partial charge in [0.1, 0.15) is 28.6 Å². The van der Waals surface area contributed by atoms with Gasteiger partial charge in [0.05, 0.1) is 89.4 Å². The van der Waals surface area contributed by atoms with Crippen molar-refractivity contribution in [3.05, 3.63) is 93.8 Å². The summed E-state index contributed by atoms with van der Waals surface area (Å²) in [7, 11) is 12.9. The number of likely N-dealkylation sites (N-methyl/N-ethyl adjacent to an activating group) is 2. The number of hydrogen-bond donors (Lipinski definition) is 5. The molecule has 1 aliphatic rings. The molecule has 0 unspecified atom stereocenters. The molecule has 0 radical (unpaired) electrons. The van der Waals surface area contributed by atoms with Crippen molar-refractivity contribution in [1.29, 1.82) is 0 Å². The van der Waals surface area contributed by atoms with Gasteiger partial charge >= 0.3 is 11.9 Å². The van der Waals surface area contributed by atoms with Crippen LogP contribution in [0.15, 0.2) is 48.5 Å². The minimum absolute atomic E-state index is 0.136. The van der Waals surface area contributed by atoms with Gasteiger partial charge in [-0.1, -0.05) is 0 Å². The second-order valence-electron chi connectivity index (χ2n) is 19.9. The molecule has 22 heteroatoms. The lowest BCUT2D eigenvalue weighted by molar-refractivity contribution is -0.869. The van der Waals surface area contributed by atoms with Gasteiger partial charge in [0, 0.05) is 97.0 Å². The molecular formula is C53H75N11O11. The minimum Gasteiger partial charge on any atom is -0.543 e. The van der Waals surface area contributed by atoms with Crippen LogP contribution in [0.1, 0.15) is 78.9 Å². The Morgan fingerprint density at radius 3 is 1.55 bits per heavy atom. The summed E-state index contributed by atoms with van der Waals surface area (Å²) in [6.07, 6.45) is 1.57. The number of carboxylic acids is 3. The first-order chi connectivity index (χ1) is 35.7. The van der Waals surface area contributed by atoms with E-state index in [2.05, 4.69) is 40.3 Å². The molecular weight excluding hydrogens is 967 g/mol. The second kappa shape index (κ2) is 28.7. The lowest BCUT2D eigenvalue weighted by Crippen LogP contribution is -2.41. The van der Waals surface area contributed by atoms with Crippen LogP contribution in [-0.4, -0.2) is 207 Å². The fourth-order valence-corrected chi connectivity index (χ4v) is 8.41. The van der Waals surface area contributed by atoms with E-state index in [0.29, 0.717) is 152 Å². The van der Waals surface area contributed by atoms with Crippen molar-refractivity contribution in [2.24, 2.45) is 5.73 Å². The predicted octanol–water partition coefficient (Wildman–Crippen LogP) is 1.23. The number of nitrogens with one attached hydrogen (secondary N) is 2. The first-order valence-corrected chi connectivity index (χ1v) is 25.2. The Kier molecular flexibility index (Phi) is 22.6. The number of aryl methyl sites for hydroxylation is 2. The number of hydrogen-bond acceptors (Lipinski definition) is 17. The topological polar surface area (TPSA) is 278 Å². The quantitative estimate of drug-likeness (QED) is 0.0395. The summed E-state index contributed by atoms with van der Waals surface area (Å²) in [6.45, 7) is 6.81. The van der Waals surface area contributed by atoms with E-state index in [1.165, 1.54) is 32.4 Å². The average molecular weight is 1040 g/mol. The van der Waals surface area contributed by atoms with Gasteiger partial charge in [-0.25, -0.2) is 19.6 Å². The van der Waals surface area contributed by atoms with Crippen molar-refractivity contribution in [2.75, 3.05) is 128 Å². The molecule has 4 aromatic rings. The number of quaternary nitrogens is 1. The lowest BCUT2D eigenvalue weighted by atomic mass is 10.0. The van der Waals surface area contributed by atoms with E-state index in [9.17, 15) is 39.3 Å². The van der Waals surface area contributed by atoms with Crippen molar-refractivity contribution in [2.45, 2.75) is 51.7 Å². The number of nitrogens with two attached hydrogens (primary N) is 1. The smallest absolute Gasteiger partial charge is 0.354 e. The number of carbonyl (C=O) groups is 5. The standard InChI is InChI=1S/C53H75N11O11/c1-60(2)16-14-55-48(65)11-9-36-25-39(57-43(27-36)51(67)68)33-61-17-18-62(34-40-26-37(28-44(58-40)52(69)70)10-12-49(66)56-15-23-64(3,4)5)20-22-63(21-19-61)35-41-29-38(30-45(59-41)53(71)72)50-46(73-6)31-42(32-47(50)74-7)75-24-8-13-54/h25-32H,8-24,33-35,54H2,1-7H3,(H4-,55,56,65,66,67,68,69,70,71,72). The van der Waals surface area contributed by atoms with Gasteiger partial charge in [0.25, 0.3) is 0 Å². The van der Waals surface area contributed by atoms with Crippen LogP contribution in [0.2, 0.25) is 0 Å². The molecule has 408 valence electrons. The number of carbonyl (C=O) groups excluding carboxylic acids is 3. The molecule has 0 bridgehead atoms. The van der Waals surface area contributed by atoms with Crippen LogP contribution in [-0.2, 0) is 42.1 Å². The summed E-state index contributed by atoms with van der Waals surface area (Å²) in [5, 5.41) is 38.6. The third kappa shape index (κ3) is 19.8. The zero-order chi connectivity index (χ0) is 54.7. The number of amides is 2. The molecule has 0 spiro atoms. The van der Waals surface area contributed by atoms with Crippen molar-refractivity contribution >= 4 is 29.7 Å². The van der Waals surface area contributed by atoms with E-state index in [0.717, 1.165) is 6.54 Å². The maximum Gasteiger partial charge on any atom is 0.354 e. The predicted molar refractivity (Wildman–Crippen MR) is 279 cm³/mol. The highest BCUT2D eigenvalue weighted by Gasteiger charge is 2.23. The molecule has 1 aromatic carbocycles. The van der Waals surface area contributed by atoms with Gasteiger partial charge in [0.15, 0.2) is 0 Å². The van der Waals surface area contributed by atoms with Crippen LogP contribution in [0.4, 0.5) is 0 Å². The van der Waals surface area contributed by atoms with E-state index in [1.54, 1.807) is 18.2 Å². The third-order valence-electron chi connectivity index (χ3n) is 12.4. The number of pyridine rings is 3. The second-order valence-corrected chi connectivity index (χ2v) is 19.9. The summed E-state index contributed by atoms with van der Waals surface area (Å²) < 4.78 is 18.2. The van der Waals surface area contributed by atoms with Crippen LogP contribution >= 0.6 is 0 Å². The highest BCUT2D eigenvalue weighted by Crippen LogP contribution is 2.42. The molecule has 75 heavy (non-hydrogen) atoms. The zero-order valence-corrected chi connectivity index (χ0v) is 44.5. The zero-order valence-electron chi connectivity index (χ0n) is 44.5. The fourth-order valence-electron chi connectivity index (χ4n) is 8.41. The van der Waals surface area contributed by atoms with Gasteiger partial charge in [-0.3, -0.25) is 29.3 Å². The summed E-state index contributed by atoms with van der Waals surface area (Å²) in [5.74, 6) is -2.91. The van der Waals surface area contributed by atoms with Gasteiger partial charge in [-0.2, -0.15) is 0 Å². The van der Waals surface area contributed by atoms with Crippen LogP contribution in [0.25, 0.3) is 11.1 Å². The highest BCUT2D eigenvalue weighted by atomic mass is 16.5. The van der Waals surface area contributed by atoms with Crippen molar-refractivity contribution in [3.8, 4) is 28.4 Å². The maximum atomic E-state index is 12.8. The Labute approximate surface area is 439 Å². The van der Waals surface area contributed by atoms with Crippen molar-refractivity contribution < 1.29 is 58.0 Å². The monoisotopic (exact) mass is 1040 g/mol. The van der Waals surface area contributed by atoms with Crippen molar-refractivity contribution in [1.82, 2.24) is 45.2 Å². The molecule has 3 aromatic heterocycles. The summed E-state index contributed by atoms with van der Waals surface area (Å²) in [5.41, 5.74) is 8.79. The highest BCUT2D eigenvalue weighted by molar-refractivity contribution is 5.88. The van der Waals surface area contributed by atoms with Gasteiger partial charge in [0.2, 0.25) is 11.8 Å². The fraction of sp³-hybridized carbons (Fsp3) is 0.509. The normalized spacial score (nSPS) is 13.9. The Balaban J connectivity index is 1.46. The van der Waals surface area contributed by atoms with Gasteiger partial charge < -0.3 is 60.1 Å². The first kappa shape index (κ1) is 59.1. The number of benzene rings is 1. The van der Waals surface area contributed by atoms with E-state index in [-0.39, 0.29) is 61.4 Å². The van der Waals surface area contributed by atoms with Crippen molar-refractivity contribution in [3.63, 3.8) is 0 Å². The Hall–Kier alpha value is -6.82. The summed E-state index contributed by atoms with van der Waals surface area (Å²) >= 11 is 0. The molecule has 22 nitrogen and oxygen atoms in total. The molecule has 1 fully saturated rings. The van der Waals surface area contributed by atoms with Crippen LogP contribution in [0.5, 0.6) is 17.2 Å². The van der Waals surface area contributed by atoms with Crippen LogP contribution < -0.4 is 35.7 Å². The average Bonchev–Trinajstić information content (AvgIpc) is 3.44. The van der Waals surface area contributed by atoms with Crippen LogP contribution in [0, 0.1) is 0 Å². The minimum atomic E-state index is -1.48. The Morgan fingerprint density at radius 2 is 1.13 bits per heavy atom. The molecule has 5 rings (SSSR count). The SMILES string of the molecule is COc1cc(OCCCN)cc(OC)c1-c1cc(CN2CCN(Cc3cc(CCC(=O)NCCN(C)C)cc(C(=O)O)n3)CCN(Cc3cc(CCC(=O)NCC[N+](C)(C)C)cc(C(=O)O)n3)CC2)nc(C(=O)[O-])c1. The molecule has 6 N–H and O–H groups in total. The van der Waals surface area contributed by atoms with E-state index < -0.39 is 17.9 Å². The van der Waals surface area contributed by atoms with Crippen LogP contribution in [0.3, 0.4) is 0 Å². The molecule has 4 heterocycles. The first-order valence-electron chi connectivity index (χ1n) is 25.2. The Bertz CT molecular complexity index is 2570. The summed E-state index contributed by atoms with van der Waals surface area (Å²) in [6, 6.07) is 13.2. The number of methoxy groups -OCH3 is 2. The number of aromatic carboxylic acids is 3. The van der Waals surface area contributed by atoms with E-state index in [4.69, 9.17) is 19.9 Å². The molecule has 2 amide bonds. The number of aromatic nitrogens is 3. The molecule has 0 saturated carbocycles. The van der Waals surface area contributed by atoms with E-state index >= 15 is 0 Å². The number of ether oxygens (including phenoxy) is 3. The van der Waals surface area contributed by atoms with Gasteiger partial charge in [-0.15, -0.1) is 0 Å². The number of rotatable bonds is 28. The number of carboxylic acid groups (broad SMARTS) is 3. The lowest BCUT2D eigenvalue weighted by Gasteiger charge is -2.26. The number of nitrogens with zero attached hydrogens (tertiary/aromatic N) is 8. The molecule has 0 atom stereocenters. The third-order valence-corrected chi connectivity index (χ3v) is 12.4. The maximum absolute atomic E-state index is 12.8. The largest absolute Gasteiger partial charge is 0.543 e. The summed E-state index contributed by atoms with van der Waals surface area (Å²) in [4.78, 5) is 84.8. The molecule has 1 saturated heterocycles. The van der Waals surface area contributed by atoms with Gasteiger partial charge in [-0.05, 0) is 93.0 Å².